The Morgan fingerprint density at radius 1 is 0.894 bits per heavy atom. The lowest BCUT2D eigenvalue weighted by Crippen LogP contribution is -2.45. The lowest BCUT2D eigenvalue weighted by Gasteiger charge is -2.30. The summed E-state index contributed by atoms with van der Waals surface area (Å²) in [4.78, 5) is 94.5. The first kappa shape index (κ1) is 44.3. The molecule has 3 aliphatic heterocycles. The van der Waals surface area contributed by atoms with Crippen LogP contribution < -0.4 is 20.9 Å². The van der Waals surface area contributed by atoms with E-state index in [0.717, 1.165) is 4.90 Å². The van der Waals surface area contributed by atoms with Crippen LogP contribution >= 0.6 is 23.2 Å². The number of benzene rings is 2. The van der Waals surface area contributed by atoms with E-state index < -0.39 is 29.5 Å². The normalized spacial score (nSPS) is 17.8. The number of methoxy groups -OCH3 is 1. The summed E-state index contributed by atoms with van der Waals surface area (Å²) < 4.78 is 12.0. The van der Waals surface area contributed by atoms with Gasteiger partial charge in [-0.25, -0.2) is 14.8 Å². The molecule has 4 aromatic heterocycles. The number of aromatic nitrogens is 6. The van der Waals surface area contributed by atoms with Crippen molar-refractivity contribution in [2.24, 2.45) is 20.0 Å². The van der Waals surface area contributed by atoms with Crippen molar-refractivity contribution >= 4 is 63.6 Å². The van der Waals surface area contributed by atoms with Crippen LogP contribution in [0.3, 0.4) is 0 Å². The molecule has 9 rings (SSSR count). The Labute approximate surface area is 388 Å². The Hall–Kier alpha value is -6.96. The summed E-state index contributed by atoms with van der Waals surface area (Å²) in [5.74, 6) is 5.83. The van der Waals surface area contributed by atoms with E-state index in [-0.39, 0.29) is 64.6 Å². The first-order valence-corrected chi connectivity index (χ1v) is 22.3. The number of nitrogens with zero attached hydrogens (tertiary/aromatic N) is 9. The zero-order valence-corrected chi connectivity index (χ0v) is 38.6. The van der Waals surface area contributed by atoms with Gasteiger partial charge in [-0.05, 0) is 81.1 Å². The number of likely N-dealkylation sites (tertiary alicyclic amines) is 2. The second-order valence-electron chi connectivity index (χ2n) is 17.1. The van der Waals surface area contributed by atoms with E-state index in [1.807, 2.05) is 30.5 Å². The van der Waals surface area contributed by atoms with Gasteiger partial charge in [0, 0.05) is 75.6 Å². The van der Waals surface area contributed by atoms with E-state index in [1.54, 1.807) is 55.4 Å². The van der Waals surface area contributed by atoms with Gasteiger partial charge in [0.15, 0.2) is 5.69 Å². The summed E-state index contributed by atoms with van der Waals surface area (Å²) in [6.07, 6.45) is 4.67. The lowest BCUT2D eigenvalue weighted by molar-refractivity contribution is -0.149. The number of imidazole rings is 2. The molecule has 0 N–H and O–H groups in total. The number of likely N-dealkylation sites (N-methyl/N-ethyl adjacent to an activating group) is 1. The third kappa shape index (κ3) is 7.45. The molecule has 338 valence electrons. The van der Waals surface area contributed by atoms with Crippen LogP contribution in [0.4, 0.5) is 5.69 Å². The fourth-order valence-electron chi connectivity index (χ4n) is 9.32. The van der Waals surface area contributed by atoms with Crippen molar-refractivity contribution in [3.63, 3.8) is 0 Å². The molecule has 0 aliphatic carbocycles. The number of pyridine rings is 2. The molecule has 0 saturated carbocycles. The molecule has 1 unspecified atom stereocenters. The van der Waals surface area contributed by atoms with E-state index in [2.05, 4.69) is 16.8 Å². The van der Waals surface area contributed by atoms with Gasteiger partial charge in [-0.2, -0.15) is 0 Å². The Morgan fingerprint density at radius 2 is 1.62 bits per heavy atom. The molecule has 2 aromatic carbocycles. The summed E-state index contributed by atoms with van der Waals surface area (Å²) in [6.45, 7) is 4.82. The molecule has 3 aliphatic rings. The minimum absolute atomic E-state index is 0.00867. The highest BCUT2D eigenvalue weighted by Gasteiger charge is 2.46. The number of anilines is 1. The summed E-state index contributed by atoms with van der Waals surface area (Å²) in [5, 5.41) is 0.782. The van der Waals surface area contributed by atoms with Gasteiger partial charge in [-0.3, -0.25) is 42.9 Å². The average Bonchev–Trinajstić information content (AvgIpc) is 3.92. The largest absolute Gasteiger partial charge is 0.480 e. The smallest absolute Gasteiger partial charge is 0.329 e. The fraction of sp³-hybridized carbons (Fsp3) is 0.333. The number of rotatable bonds is 7. The van der Waals surface area contributed by atoms with Crippen LogP contribution in [-0.4, -0.2) is 88.9 Å². The molecule has 66 heavy (non-hydrogen) atoms. The Kier molecular flexibility index (Phi) is 11.5. The van der Waals surface area contributed by atoms with Gasteiger partial charge >= 0.3 is 5.69 Å². The third-order valence-electron chi connectivity index (χ3n) is 12.7. The predicted octanol–water partition coefficient (Wildman–Crippen LogP) is 6.17. The maximum Gasteiger partial charge on any atom is 0.329 e. The first-order chi connectivity index (χ1) is 31.6. The molecule has 2 saturated heterocycles. The summed E-state index contributed by atoms with van der Waals surface area (Å²) >= 11 is 12.8. The third-order valence-corrected chi connectivity index (χ3v) is 13.2. The molecule has 2 fully saturated rings. The molecule has 6 aromatic rings. The molecular weight excluding hydrogens is 885 g/mol. The zero-order chi connectivity index (χ0) is 46.9. The molecule has 0 spiro atoms. The second kappa shape index (κ2) is 17.1. The van der Waals surface area contributed by atoms with Crippen molar-refractivity contribution in [3.8, 4) is 29.1 Å². The molecule has 7 heterocycles. The van der Waals surface area contributed by atoms with Gasteiger partial charge in [-0.1, -0.05) is 47.2 Å². The van der Waals surface area contributed by atoms with E-state index >= 15 is 0 Å². The number of hydrogen-bond acceptors (Lipinski definition) is 9. The van der Waals surface area contributed by atoms with Crippen LogP contribution in [0, 0.1) is 17.8 Å². The Morgan fingerprint density at radius 3 is 2.32 bits per heavy atom. The summed E-state index contributed by atoms with van der Waals surface area (Å²) in [6, 6.07) is 13.9. The summed E-state index contributed by atoms with van der Waals surface area (Å²) in [5.41, 5.74) is 3.37. The van der Waals surface area contributed by atoms with Crippen molar-refractivity contribution in [1.82, 2.24) is 38.0 Å². The second-order valence-corrected chi connectivity index (χ2v) is 18.0. The number of amides is 4. The quantitative estimate of drug-likeness (QED) is 0.135. The maximum atomic E-state index is 14.6. The maximum absolute atomic E-state index is 14.6. The topological polar surface area (TPSA) is 167 Å². The summed E-state index contributed by atoms with van der Waals surface area (Å²) in [7, 11) is 6.14. The first-order valence-electron chi connectivity index (χ1n) is 21.5. The lowest BCUT2D eigenvalue weighted by atomic mass is 9.96. The van der Waals surface area contributed by atoms with Crippen LogP contribution in [0.25, 0.3) is 22.4 Å². The van der Waals surface area contributed by atoms with Gasteiger partial charge in [0.1, 0.15) is 23.6 Å². The highest BCUT2D eigenvalue weighted by Crippen LogP contribution is 2.45. The number of halogens is 2. The SMILES string of the molecule is COc1ncc(C(=O)N2CCC(C#Cc3ccc4c(c3)n(C)c(=O)n4C3CCC(=O)N(C)C3=O)CC2)cc1-c1nc2c(n1C(C)C)[C@H](c1ccc(Cl)cc1)N(c1cc(Cl)cn(C)c1=O)C2=O. The number of carbonyl (C=O) groups is 4. The van der Waals surface area contributed by atoms with Gasteiger partial charge < -0.3 is 18.8 Å². The Bertz CT molecular complexity index is 3200. The molecule has 0 bridgehead atoms. The van der Waals surface area contributed by atoms with Crippen LogP contribution in [-0.2, 0) is 23.7 Å². The number of ether oxygens (including phenoxy) is 1. The monoisotopic (exact) mass is 929 g/mol. The van der Waals surface area contributed by atoms with Gasteiger partial charge in [-0.15, -0.1) is 0 Å². The minimum atomic E-state index is -0.791. The van der Waals surface area contributed by atoms with E-state index in [1.165, 1.54) is 51.2 Å². The molecule has 2 atom stereocenters. The van der Waals surface area contributed by atoms with E-state index in [4.69, 9.17) is 32.9 Å². The van der Waals surface area contributed by atoms with Crippen LogP contribution in [0.1, 0.15) is 95.3 Å². The van der Waals surface area contributed by atoms with Crippen LogP contribution in [0.15, 0.2) is 76.6 Å². The highest BCUT2D eigenvalue weighted by molar-refractivity contribution is 6.31. The van der Waals surface area contributed by atoms with Gasteiger partial charge in [0.25, 0.3) is 23.3 Å². The number of fused-ring (bicyclic) bond motifs is 2. The van der Waals surface area contributed by atoms with Crippen molar-refractivity contribution in [3.05, 3.63) is 126 Å². The number of carbonyl (C=O) groups excluding carboxylic acids is 4. The van der Waals surface area contributed by atoms with Crippen molar-refractivity contribution in [2.45, 2.75) is 57.7 Å². The molecule has 18 heteroatoms. The average molecular weight is 931 g/mol. The van der Waals surface area contributed by atoms with E-state index in [9.17, 15) is 28.8 Å². The minimum Gasteiger partial charge on any atom is -0.480 e. The standard InChI is InChI=1S/C48H45Cl2N9O7/c1-26(2)57-41-39(47(64)59(37-23-32(50)25-53(3)45(37)62)40(41)29-10-12-31(49)13-11-29)52-42(57)33-22-30(24-51-43(33)66-6)44(61)56-19-17-27(18-20-56)7-8-28-9-14-34-36(21-28)54(4)48(65)58(34)35-15-16-38(60)55(5)46(35)63/h9-14,21-27,35,40H,15-20H2,1-6H3/t35?,40-/m0/s1. The van der Waals surface area contributed by atoms with Crippen molar-refractivity contribution in [1.29, 1.82) is 0 Å². The van der Waals surface area contributed by atoms with Crippen molar-refractivity contribution < 1.29 is 23.9 Å². The molecular formula is C48H45Cl2N9O7. The number of hydrogen-bond donors (Lipinski definition) is 0. The van der Waals surface area contributed by atoms with Crippen LogP contribution in [0.2, 0.25) is 10.0 Å². The van der Waals surface area contributed by atoms with Crippen molar-refractivity contribution in [2.75, 3.05) is 32.1 Å². The predicted molar refractivity (Wildman–Crippen MR) is 248 cm³/mol. The number of aryl methyl sites for hydroxylation is 2. The fourth-order valence-corrected chi connectivity index (χ4v) is 9.70. The van der Waals surface area contributed by atoms with E-state index in [0.29, 0.717) is 75.8 Å². The molecule has 16 nitrogen and oxygen atoms in total. The zero-order valence-electron chi connectivity index (χ0n) is 37.0. The Balaban J connectivity index is 0.975. The van der Waals surface area contributed by atoms with Gasteiger partial charge in [0.2, 0.25) is 11.8 Å². The van der Waals surface area contributed by atoms with Gasteiger partial charge in [0.05, 0.1) is 40.0 Å². The number of piperidine rings is 2. The number of imide groups is 1. The molecule has 4 amide bonds. The highest BCUT2D eigenvalue weighted by atomic mass is 35.5. The van der Waals surface area contributed by atoms with Crippen LogP contribution in [0.5, 0.6) is 5.88 Å². The molecule has 0 radical (unpaired) electrons.